The molecule has 0 fully saturated rings. The van der Waals surface area contributed by atoms with Gasteiger partial charge in [0.05, 0.1) is 6.26 Å². The van der Waals surface area contributed by atoms with Crippen molar-refractivity contribution in [1.29, 1.82) is 0 Å². The maximum Gasteiger partial charge on any atom is 0.646 e. The minimum absolute atomic E-state index is 0.373. The van der Waals surface area contributed by atoms with Crippen LogP contribution in [0, 0.1) is 0 Å². The lowest BCUT2D eigenvalue weighted by Gasteiger charge is -2.17. The van der Waals surface area contributed by atoms with E-state index in [4.69, 9.17) is 25.2 Å². The van der Waals surface area contributed by atoms with Crippen LogP contribution in [-0.2, 0) is 9.09 Å². The van der Waals surface area contributed by atoms with Crippen LogP contribution in [0.5, 0.6) is 11.5 Å². The summed E-state index contributed by atoms with van der Waals surface area (Å²) in [5, 5.41) is 0.551. The Bertz CT molecular complexity index is 868. The molecule has 0 atom stereocenters. The molecule has 6 heteroatoms. The molecule has 0 bridgehead atoms. The standard InChI is InChI=1S/C20H16ClO4P/c21-20-14-8-7-9-17(20)15-16-23-26(22,24-18-10-3-1-4-11-18)25-19-12-5-2-6-13-19/h1-16H/b16-15+. The van der Waals surface area contributed by atoms with Gasteiger partial charge in [-0.1, -0.05) is 66.2 Å². The lowest BCUT2D eigenvalue weighted by Crippen LogP contribution is -2.02. The highest BCUT2D eigenvalue weighted by atomic mass is 35.5. The lowest BCUT2D eigenvalue weighted by atomic mass is 10.2. The number of rotatable bonds is 7. The summed E-state index contributed by atoms with van der Waals surface area (Å²) < 4.78 is 29.4. The van der Waals surface area contributed by atoms with Crippen LogP contribution in [0.4, 0.5) is 0 Å². The summed E-state index contributed by atoms with van der Waals surface area (Å²) in [6, 6.07) is 24.6. The third-order valence-electron chi connectivity index (χ3n) is 3.26. The molecule has 0 radical (unpaired) electrons. The van der Waals surface area contributed by atoms with Crippen molar-refractivity contribution in [3.63, 3.8) is 0 Å². The van der Waals surface area contributed by atoms with Gasteiger partial charge in [-0.2, -0.15) is 4.57 Å². The zero-order valence-corrected chi connectivity index (χ0v) is 15.3. The molecule has 3 aromatic rings. The predicted molar refractivity (Wildman–Crippen MR) is 103 cm³/mol. The molecule has 0 saturated heterocycles. The molecule has 3 rings (SSSR count). The molecule has 0 saturated carbocycles. The van der Waals surface area contributed by atoms with E-state index in [2.05, 4.69) is 0 Å². The summed E-state index contributed by atoms with van der Waals surface area (Å²) in [5.41, 5.74) is 0.722. The fraction of sp³-hybridized carbons (Fsp3) is 0. The molecular weight excluding hydrogens is 371 g/mol. The fourth-order valence-electron chi connectivity index (χ4n) is 2.07. The van der Waals surface area contributed by atoms with Crippen LogP contribution >= 0.6 is 19.4 Å². The Labute approximate surface area is 157 Å². The molecule has 0 unspecified atom stereocenters. The van der Waals surface area contributed by atoms with Crippen molar-refractivity contribution in [1.82, 2.24) is 0 Å². The van der Waals surface area contributed by atoms with Crippen LogP contribution in [0.2, 0.25) is 5.02 Å². The average Bonchev–Trinajstić information content (AvgIpc) is 2.65. The van der Waals surface area contributed by atoms with Crippen LogP contribution in [0.15, 0.2) is 91.2 Å². The molecule has 0 amide bonds. The first kappa shape index (κ1) is 18.1. The van der Waals surface area contributed by atoms with E-state index in [1.165, 1.54) is 6.26 Å². The first-order valence-corrected chi connectivity index (χ1v) is 9.67. The van der Waals surface area contributed by atoms with E-state index in [-0.39, 0.29) is 0 Å². The summed E-state index contributed by atoms with van der Waals surface area (Å²) in [6.45, 7) is 0. The van der Waals surface area contributed by atoms with E-state index in [9.17, 15) is 4.57 Å². The zero-order chi connectivity index (χ0) is 18.2. The number of phosphoric acid groups is 1. The number of para-hydroxylation sites is 2. The van der Waals surface area contributed by atoms with Crippen molar-refractivity contribution >= 4 is 25.5 Å². The van der Waals surface area contributed by atoms with Gasteiger partial charge in [-0.05, 0) is 42.0 Å². The van der Waals surface area contributed by atoms with E-state index < -0.39 is 7.82 Å². The molecule has 0 aliphatic heterocycles. The predicted octanol–water partition coefficient (Wildman–Crippen LogP) is 6.59. The van der Waals surface area contributed by atoms with Gasteiger partial charge in [0.1, 0.15) is 11.5 Å². The van der Waals surface area contributed by atoms with E-state index >= 15 is 0 Å². The minimum Gasteiger partial charge on any atom is -0.394 e. The molecule has 26 heavy (non-hydrogen) atoms. The summed E-state index contributed by atoms with van der Waals surface area (Å²) >= 11 is 6.10. The van der Waals surface area contributed by atoms with E-state index in [0.29, 0.717) is 16.5 Å². The van der Waals surface area contributed by atoms with E-state index in [1.54, 1.807) is 60.7 Å². The number of hydrogen-bond donors (Lipinski definition) is 0. The number of hydrogen-bond acceptors (Lipinski definition) is 4. The monoisotopic (exact) mass is 386 g/mol. The molecule has 132 valence electrons. The van der Waals surface area contributed by atoms with E-state index in [0.717, 1.165) is 5.56 Å². The van der Waals surface area contributed by atoms with Crippen molar-refractivity contribution in [2.45, 2.75) is 0 Å². The number of phosphoric ester groups is 1. The molecular formula is C20H16ClO4P. The van der Waals surface area contributed by atoms with Crippen molar-refractivity contribution < 1.29 is 18.1 Å². The van der Waals surface area contributed by atoms with Crippen LogP contribution in [0.3, 0.4) is 0 Å². The first-order chi connectivity index (χ1) is 12.6. The third kappa shape index (κ3) is 5.16. The normalized spacial score (nSPS) is 11.3. The molecule has 0 heterocycles. The Morgan fingerprint density at radius 1 is 0.731 bits per heavy atom. The molecule has 0 N–H and O–H groups in total. The fourth-order valence-corrected chi connectivity index (χ4v) is 3.36. The maximum atomic E-state index is 13.1. The molecule has 0 spiro atoms. The Hall–Kier alpha value is -2.68. The van der Waals surface area contributed by atoms with Gasteiger partial charge in [0, 0.05) is 5.02 Å². The highest BCUT2D eigenvalue weighted by molar-refractivity contribution is 7.49. The Morgan fingerprint density at radius 2 is 1.23 bits per heavy atom. The van der Waals surface area contributed by atoms with Gasteiger partial charge in [0.15, 0.2) is 0 Å². The quantitative estimate of drug-likeness (QED) is 0.339. The Balaban J connectivity index is 1.80. The van der Waals surface area contributed by atoms with Gasteiger partial charge >= 0.3 is 7.82 Å². The highest BCUT2D eigenvalue weighted by Crippen LogP contribution is 2.49. The summed E-state index contributed by atoms with van der Waals surface area (Å²) in [7, 11) is -3.95. The second-order valence-electron chi connectivity index (χ2n) is 5.19. The van der Waals surface area contributed by atoms with Crippen molar-refractivity contribution in [2.75, 3.05) is 0 Å². The lowest BCUT2D eigenvalue weighted by molar-refractivity contribution is 0.274. The van der Waals surface area contributed by atoms with Gasteiger partial charge in [-0.15, -0.1) is 0 Å². The topological polar surface area (TPSA) is 44.8 Å². The number of benzene rings is 3. The Kier molecular flexibility index (Phi) is 6.00. The second kappa shape index (κ2) is 8.61. The highest BCUT2D eigenvalue weighted by Gasteiger charge is 2.31. The number of halogens is 1. The van der Waals surface area contributed by atoms with Gasteiger partial charge in [0.2, 0.25) is 0 Å². The largest absolute Gasteiger partial charge is 0.646 e. The summed E-state index contributed by atoms with van der Waals surface area (Å²) in [4.78, 5) is 0. The van der Waals surface area contributed by atoms with Gasteiger partial charge in [0.25, 0.3) is 0 Å². The first-order valence-electron chi connectivity index (χ1n) is 7.83. The zero-order valence-electron chi connectivity index (χ0n) is 13.7. The molecule has 0 aliphatic rings. The van der Waals surface area contributed by atoms with Crippen LogP contribution in [0.1, 0.15) is 5.56 Å². The van der Waals surface area contributed by atoms with Crippen LogP contribution in [-0.4, -0.2) is 0 Å². The van der Waals surface area contributed by atoms with E-state index in [1.807, 2.05) is 30.3 Å². The third-order valence-corrected chi connectivity index (χ3v) is 4.86. The van der Waals surface area contributed by atoms with Crippen LogP contribution < -0.4 is 9.05 Å². The van der Waals surface area contributed by atoms with Crippen molar-refractivity contribution in [2.24, 2.45) is 0 Å². The molecule has 4 nitrogen and oxygen atoms in total. The Morgan fingerprint density at radius 3 is 1.77 bits per heavy atom. The summed E-state index contributed by atoms with van der Waals surface area (Å²) in [5.74, 6) is 0.746. The van der Waals surface area contributed by atoms with Crippen molar-refractivity contribution in [3.8, 4) is 11.5 Å². The maximum absolute atomic E-state index is 13.1. The smallest absolute Gasteiger partial charge is 0.394 e. The minimum atomic E-state index is -3.95. The van der Waals surface area contributed by atoms with Gasteiger partial charge in [-0.3, -0.25) is 0 Å². The molecule has 0 aliphatic carbocycles. The van der Waals surface area contributed by atoms with Gasteiger partial charge < -0.3 is 13.6 Å². The summed E-state index contributed by atoms with van der Waals surface area (Å²) in [6.07, 6.45) is 2.85. The van der Waals surface area contributed by atoms with Crippen LogP contribution in [0.25, 0.3) is 6.08 Å². The second-order valence-corrected chi connectivity index (χ2v) is 7.06. The SMILES string of the molecule is O=P(O/C=C/c1ccccc1Cl)(Oc1ccccc1)Oc1ccccc1. The molecule has 0 aromatic heterocycles. The average molecular weight is 387 g/mol. The van der Waals surface area contributed by atoms with Gasteiger partial charge in [-0.25, -0.2) is 0 Å². The van der Waals surface area contributed by atoms with Crippen molar-refractivity contribution in [3.05, 3.63) is 102 Å². The molecule has 3 aromatic carbocycles.